The third-order valence-electron chi connectivity index (χ3n) is 2.99. The van der Waals surface area contributed by atoms with Gasteiger partial charge in [-0.1, -0.05) is 13.3 Å². The van der Waals surface area contributed by atoms with E-state index >= 15 is 0 Å². The number of rotatable bonds is 4. The minimum absolute atomic E-state index is 0.483. The number of nitrogen functional groups attached to an aromatic ring is 1. The van der Waals surface area contributed by atoms with Crippen LogP contribution < -0.4 is 10.6 Å². The van der Waals surface area contributed by atoms with Gasteiger partial charge >= 0.3 is 0 Å². The van der Waals surface area contributed by atoms with Crippen LogP contribution in [0.5, 0.6) is 0 Å². The van der Waals surface area contributed by atoms with Gasteiger partial charge in [0.1, 0.15) is 5.82 Å². The van der Waals surface area contributed by atoms with E-state index < -0.39 is 0 Å². The van der Waals surface area contributed by atoms with Crippen molar-refractivity contribution in [2.45, 2.75) is 39.7 Å². The van der Waals surface area contributed by atoms with Crippen LogP contribution in [-0.4, -0.2) is 18.1 Å². The summed E-state index contributed by atoms with van der Waals surface area (Å²) in [6.45, 7) is 6.41. The van der Waals surface area contributed by atoms with E-state index in [1.165, 1.54) is 6.42 Å². The molecule has 4 heteroatoms. The average Bonchev–Trinajstić information content (AvgIpc) is 2.26. The van der Waals surface area contributed by atoms with Crippen LogP contribution in [0.25, 0.3) is 0 Å². The van der Waals surface area contributed by atoms with Crippen molar-refractivity contribution in [3.8, 4) is 0 Å². The van der Waals surface area contributed by atoms with Gasteiger partial charge in [0, 0.05) is 13.1 Å². The molecule has 0 aromatic carbocycles. The molecular weight excluding hydrogens is 266 g/mol. The summed E-state index contributed by atoms with van der Waals surface area (Å²) in [4.78, 5) is 6.59. The van der Waals surface area contributed by atoms with Gasteiger partial charge in [0.2, 0.25) is 0 Å². The van der Waals surface area contributed by atoms with Crippen molar-refractivity contribution >= 4 is 27.4 Å². The standard InChI is InChI=1S/C12H20BrN3/c1-5-6-8(2)16(4)12-11(13)9(3)10(14)7-15-12/h7-8H,5-6,14H2,1-4H3. The molecule has 0 saturated carbocycles. The summed E-state index contributed by atoms with van der Waals surface area (Å²) in [6.07, 6.45) is 4.07. The molecule has 0 spiro atoms. The van der Waals surface area contributed by atoms with E-state index in [0.29, 0.717) is 6.04 Å². The molecule has 1 aromatic rings. The lowest BCUT2D eigenvalue weighted by Gasteiger charge is -2.27. The molecular formula is C12H20BrN3. The Bertz CT molecular complexity index is 366. The van der Waals surface area contributed by atoms with Gasteiger partial charge in [-0.15, -0.1) is 0 Å². The zero-order valence-electron chi connectivity index (χ0n) is 10.4. The summed E-state index contributed by atoms with van der Waals surface area (Å²) in [7, 11) is 2.07. The molecule has 90 valence electrons. The molecule has 16 heavy (non-hydrogen) atoms. The molecule has 0 fully saturated rings. The first-order chi connectivity index (χ1) is 7.49. The largest absolute Gasteiger partial charge is 0.397 e. The monoisotopic (exact) mass is 285 g/mol. The summed E-state index contributed by atoms with van der Waals surface area (Å²) >= 11 is 3.57. The Labute approximate surface area is 106 Å². The zero-order valence-corrected chi connectivity index (χ0v) is 12.0. The van der Waals surface area contributed by atoms with Gasteiger partial charge in [0.05, 0.1) is 16.4 Å². The highest BCUT2D eigenvalue weighted by Crippen LogP contribution is 2.31. The first kappa shape index (κ1) is 13.3. The number of anilines is 2. The van der Waals surface area contributed by atoms with Gasteiger partial charge in [-0.3, -0.25) is 0 Å². The van der Waals surface area contributed by atoms with Crippen molar-refractivity contribution in [3.63, 3.8) is 0 Å². The predicted octanol–water partition coefficient (Wildman–Crippen LogP) is 3.36. The van der Waals surface area contributed by atoms with Gasteiger partial charge in [-0.25, -0.2) is 4.98 Å². The summed E-state index contributed by atoms with van der Waals surface area (Å²) in [6, 6.07) is 0.483. The highest BCUT2D eigenvalue weighted by Gasteiger charge is 2.15. The third kappa shape index (κ3) is 2.67. The molecule has 0 amide bonds. The van der Waals surface area contributed by atoms with E-state index in [4.69, 9.17) is 5.73 Å². The molecule has 1 rings (SSSR count). The third-order valence-corrected chi connectivity index (χ3v) is 3.94. The number of nitrogens with zero attached hydrogens (tertiary/aromatic N) is 2. The Morgan fingerprint density at radius 1 is 1.56 bits per heavy atom. The fourth-order valence-corrected chi connectivity index (χ4v) is 2.26. The number of halogens is 1. The highest BCUT2D eigenvalue weighted by molar-refractivity contribution is 9.10. The van der Waals surface area contributed by atoms with Gasteiger partial charge in [-0.05, 0) is 41.8 Å². The Kier molecular flexibility index (Phi) is 4.59. The number of hydrogen-bond donors (Lipinski definition) is 1. The summed E-state index contributed by atoms with van der Waals surface area (Å²) in [5.41, 5.74) is 7.60. The van der Waals surface area contributed by atoms with Crippen LogP contribution in [0, 0.1) is 6.92 Å². The molecule has 0 aliphatic carbocycles. The maximum atomic E-state index is 5.81. The zero-order chi connectivity index (χ0) is 12.3. The number of pyridine rings is 1. The topological polar surface area (TPSA) is 42.2 Å². The van der Waals surface area contributed by atoms with Crippen molar-refractivity contribution in [2.24, 2.45) is 0 Å². The van der Waals surface area contributed by atoms with E-state index in [2.05, 4.69) is 46.7 Å². The van der Waals surface area contributed by atoms with Crippen LogP contribution in [0.3, 0.4) is 0 Å². The van der Waals surface area contributed by atoms with Crippen LogP contribution >= 0.6 is 15.9 Å². The lowest BCUT2D eigenvalue weighted by atomic mass is 10.1. The SMILES string of the molecule is CCCC(C)N(C)c1ncc(N)c(C)c1Br. The summed E-state index contributed by atoms with van der Waals surface area (Å²) < 4.78 is 0.998. The van der Waals surface area contributed by atoms with Gasteiger partial charge in [0.15, 0.2) is 0 Å². The fourth-order valence-electron chi connectivity index (χ4n) is 1.64. The van der Waals surface area contributed by atoms with E-state index in [1.54, 1.807) is 6.20 Å². The molecule has 0 aliphatic heterocycles. The van der Waals surface area contributed by atoms with Crippen molar-refractivity contribution in [2.75, 3.05) is 17.7 Å². The highest BCUT2D eigenvalue weighted by atomic mass is 79.9. The van der Waals surface area contributed by atoms with Crippen LogP contribution in [-0.2, 0) is 0 Å². The molecule has 1 unspecified atom stereocenters. The van der Waals surface area contributed by atoms with Crippen LogP contribution in [0.1, 0.15) is 32.3 Å². The Balaban J connectivity index is 3.00. The molecule has 2 N–H and O–H groups in total. The minimum atomic E-state index is 0.483. The average molecular weight is 286 g/mol. The van der Waals surface area contributed by atoms with E-state index in [0.717, 1.165) is 28.0 Å². The second-order valence-electron chi connectivity index (χ2n) is 4.22. The smallest absolute Gasteiger partial charge is 0.143 e. The molecule has 0 aliphatic rings. The normalized spacial score (nSPS) is 12.6. The number of hydrogen-bond acceptors (Lipinski definition) is 3. The number of aromatic nitrogens is 1. The molecule has 3 nitrogen and oxygen atoms in total. The van der Waals surface area contributed by atoms with Gasteiger partial charge < -0.3 is 10.6 Å². The van der Waals surface area contributed by atoms with E-state index in [1.807, 2.05) is 6.92 Å². The Hall–Kier alpha value is -0.770. The quantitative estimate of drug-likeness (QED) is 0.922. The first-order valence-electron chi connectivity index (χ1n) is 5.62. The lowest BCUT2D eigenvalue weighted by molar-refractivity contribution is 0.610. The van der Waals surface area contributed by atoms with Crippen LogP contribution in [0.15, 0.2) is 10.7 Å². The van der Waals surface area contributed by atoms with Crippen LogP contribution in [0.2, 0.25) is 0 Å². The van der Waals surface area contributed by atoms with E-state index in [9.17, 15) is 0 Å². The van der Waals surface area contributed by atoms with E-state index in [-0.39, 0.29) is 0 Å². The molecule has 1 atom stereocenters. The summed E-state index contributed by atoms with van der Waals surface area (Å²) in [5, 5.41) is 0. The molecule has 0 bridgehead atoms. The second kappa shape index (κ2) is 5.53. The van der Waals surface area contributed by atoms with Crippen molar-refractivity contribution in [3.05, 3.63) is 16.2 Å². The maximum Gasteiger partial charge on any atom is 0.143 e. The summed E-state index contributed by atoms with van der Waals surface area (Å²) in [5.74, 6) is 0.965. The van der Waals surface area contributed by atoms with Crippen molar-refractivity contribution in [1.29, 1.82) is 0 Å². The Morgan fingerprint density at radius 3 is 2.75 bits per heavy atom. The predicted molar refractivity (Wildman–Crippen MR) is 73.9 cm³/mol. The van der Waals surface area contributed by atoms with Crippen LogP contribution in [0.4, 0.5) is 11.5 Å². The fraction of sp³-hybridized carbons (Fsp3) is 0.583. The minimum Gasteiger partial charge on any atom is -0.397 e. The lowest BCUT2D eigenvalue weighted by Crippen LogP contribution is -2.29. The van der Waals surface area contributed by atoms with Gasteiger partial charge in [-0.2, -0.15) is 0 Å². The molecule has 0 radical (unpaired) electrons. The Morgan fingerprint density at radius 2 is 2.19 bits per heavy atom. The molecule has 1 heterocycles. The second-order valence-corrected chi connectivity index (χ2v) is 5.02. The molecule has 1 aromatic heterocycles. The van der Waals surface area contributed by atoms with Gasteiger partial charge in [0.25, 0.3) is 0 Å². The maximum absolute atomic E-state index is 5.81. The van der Waals surface area contributed by atoms with Crippen molar-refractivity contribution in [1.82, 2.24) is 4.98 Å². The number of nitrogens with two attached hydrogens (primary N) is 1. The molecule has 0 saturated heterocycles. The van der Waals surface area contributed by atoms with Crippen molar-refractivity contribution < 1.29 is 0 Å². The first-order valence-corrected chi connectivity index (χ1v) is 6.41.